The average molecular weight is 475 g/mol. The van der Waals surface area contributed by atoms with Crippen molar-refractivity contribution in [2.24, 2.45) is 19.8 Å². The van der Waals surface area contributed by atoms with Crippen molar-refractivity contribution in [3.05, 3.63) is 103 Å². The van der Waals surface area contributed by atoms with Gasteiger partial charge in [-0.05, 0) is 42.0 Å². The first-order valence-corrected chi connectivity index (χ1v) is 12.0. The zero-order valence-corrected chi connectivity index (χ0v) is 20.8. The fourth-order valence-corrected chi connectivity index (χ4v) is 4.59. The molecule has 180 valence electrons. The normalized spacial score (nSPS) is 10.9. The SMILES string of the molecule is CNc1cncc(-c2cc3ccccc3n2C)c1.Cn1c(-c2cncc(CN)c2)cc2ccccc21. The Bertz CT molecular complexity index is 1520. The smallest absolute Gasteiger partial charge is 0.0530 e. The second kappa shape index (κ2) is 10.1. The highest BCUT2D eigenvalue weighted by Crippen LogP contribution is 2.28. The topological polar surface area (TPSA) is 73.7 Å². The predicted molar refractivity (Wildman–Crippen MR) is 150 cm³/mol. The predicted octanol–water partition coefficient (Wildman–Crippen LogP) is 5.98. The van der Waals surface area contributed by atoms with Crippen LogP contribution in [-0.2, 0) is 20.6 Å². The third-order valence-corrected chi connectivity index (χ3v) is 6.55. The van der Waals surface area contributed by atoms with Gasteiger partial charge in [-0.3, -0.25) is 9.97 Å². The number of aryl methyl sites for hydroxylation is 2. The number of fused-ring (bicyclic) bond motifs is 2. The highest BCUT2D eigenvalue weighted by molar-refractivity contribution is 5.88. The molecule has 6 rings (SSSR count). The van der Waals surface area contributed by atoms with Gasteiger partial charge >= 0.3 is 0 Å². The molecule has 3 N–H and O–H groups in total. The molecule has 0 saturated carbocycles. The fraction of sp³-hybridized carbons (Fsp3) is 0.133. The second-order valence-electron chi connectivity index (χ2n) is 8.79. The molecular formula is C30H30N6. The number of nitrogens with zero attached hydrogens (tertiary/aromatic N) is 4. The van der Waals surface area contributed by atoms with Gasteiger partial charge in [-0.2, -0.15) is 0 Å². The van der Waals surface area contributed by atoms with Gasteiger partial charge in [0.1, 0.15) is 0 Å². The summed E-state index contributed by atoms with van der Waals surface area (Å²) < 4.78 is 4.39. The van der Waals surface area contributed by atoms with Gasteiger partial charge in [0.2, 0.25) is 0 Å². The van der Waals surface area contributed by atoms with Gasteiger partial charge in [0, 0.05) is 85.4 Å². The van der Waals surface area contributed by atoms with E-state index < -0.39 is 0 Å². The summed E-state index contributed by atoms with van der Waals surface area (Å²) in [6.07, 6.45) is 7.42. The highest BCUT2D eigenvalue weighted by atomic mass is 15.0. The Labute approximate surface area is 211 Å². The van der Waals surface area contributed by atoms with Crippen molar-refractivity contribution in [2.45, 2.75) is 6.54 Å². The van der Waals surface area contributed by atoms with Crippen LogP contribution in [0.1, 0.15) is 5.56 Å². The monoisotopic (exact) mass is 474 g/mol. The molecule has 0 radical (unpaired) electrons. The molecule has 0 unspecified atom stereocenters. The molecule has 6 aromatic rings. The zero-order chi connectivity index (χ0) is 25.1. The summed E-state index contributed by atoms with van der Waals surface area (Å²) >= 11 is 0. The molecule has 0 bridgehead atoms. The minimum atomic E-state index is 0.519. The van der Waals surface area contributed by atoms with Crippen LogP contribution in [0.3, 0.4) is 0 Å². The standard InChI is InChI=1S/2C15H15N3/c1-16-13-7-12(9-17-10-13)15-8-11-5-3-4-6-14(11)18(15)2;1-18-14-5-3-2-4-12(14)7-15(18)13-6-11(8-16)9-17-10-13/h3-10,16H,1-2H3;2-7,9-10H,8,16H2,1H3. The number of pyridine rings is 2. The fourth-order valence-electron chi connectivity index (χ4n) is 4.59. The lowest BCUT2D eigenvalue weighted by molar-refractivity contribution is 0.973. The van der Waals surface area contributed by atoms with E-state index in [1.165, 1.54) is 33.2 Å². The Morgan fingerprint density at radius 3 is 1.75 bits per heavy atom. The van der Waals surface area contributed by atoms with Crippen molar-refractivity contribution in [2.75, 3.05) is 12.4 Å². The van der Waals surface area contributed by atoms with E-state index in [1.807, 2.05) is 31.8 Å². The Hall–Kier alpha value is -4.42. The summed E-state index contributed by atoms with van der Waals surface area (Å²) in [6.45, 7) is 0.519. The van der Waals surface area contributed by atoms with E-state index in [9.17, 15) is 0 Å². The molecule has 0 saturated heterocycles. The Balaban J connectivity index is 0.000000148. The van der Waals surface area contributed by atoms with E-state index in [-0.39, 0.29) is 0 Å². The summed E-state index contributed by atoms with van der Waals surface area (Å²) in [5, 5.41) is 5.62. The van der Waals surface area contributed by atoms with Crippen molar-refractivity contribution < 1.29 is 0 Å². The van der Waals surface area contributed by atoms with E-state index in [4.69, 9.17) is 5.73 Å². The number of hydrogen-bond donors (Lipinski definition) is 2. The lowest BCUT2D eigenvalue weighted by Gasteiger charge is -2.06. The van der Waals surface area contributed by atoms with Gasteiger partial charge in [0.15, 0.2) is 0 Å². The van der Waals surface area contributed by atoms with Gasteiger partial charge in [-0.25, -0.2) is 0 Å². The average Bonchev–Trinajstić information content (AvgIpc) is 3.46. The Morgan fingerprint density at radius 1 is 0.694 bits per heavy atom. The Kier molecular flexibility index (Phi) is 6.52. The number of hydrogen-bond acceptors (Lipinski definition) is 4. The summed E-state index contributed by atoms with van der Waals surface area (Å²) in [6, 6.07) is 25.4. The lowest BCUT2D eigenvalue weighted by atomic mass is 10.1. The molecule has 0 spiro atoms. The van der Waals surface area contributed by atoms with Crippen molar-refractivity contribution in [3.63, 3.8) is 0 Å². The van der Waals surface area contributed by atoms with E-state index in [2.05, 4.69) is 111 Å². The van der Waals surface area contributed by atoms with Crippen molar-refractivity contribution in [1.29, 1.82) is 0 Å². The van der Waals surface area contributed by atoms with Crippen LogP contribution in [-0.4, -0.2) is 26.1 Å². The minimum absolute atomic E-state index is 0.519. The maximum absolute atomic E-state index is 5.66. The van der Waals surface area contributed by atoms with Crippen LogP contribution in [0.15, 0.2) is 97.6 Å². The van der Waals surface area contributed by atoms with Crippen LogP contribution in [0.4, 0.5) is 5.69 Å². The number of aromatic nitrogens is 4. The van der Waals surface area contributed by atoms with Crippen LogP contribution in [0, 0.1) is 0 Å². The molecule has 2 aromatic carbocycles. The van der Waals surface area contributed by atoms with Gasteiger partial charge in [0.05, 0.1) is 17.1 Å². The third kappa shape index (κ3) is 4.46. The molecule has 6 heteroatoms. The van der Waals surface area contributed by atoms with Gasteiger partial charge in [-0.1, -0.05) is 36.4 Å². The first kappa shape index (κ1) is 23.3. The van der Waals surface area contributed by atoms with Gasteiger partial charge in [-0.15, -0.1) is 0 Å². The summed E-state index contributed by atoms with van der Waals surface area (Å²) in [5.41, 5.74) is 14.8. The van der Waals surface area contributed by atoms with E-state index in [0.717, 1.165) is 22.4 Å². The molecule has 36 heavy (non-hydrogen) atoms. The summed E-state index contributed by atoms with van der Waals surface area (Å²) in [4.78, 5) is 8.52. The van der Waals surface area contributed by atoms with Crippen LogP contribution in [0.5, 0.6) is 0 Å². The maximum Gasteiger partial charge on any atom is 0.0530 e. The third-order valence-electron chi connectivity index (χ3n) is 6.55. The molecular weight excluding hydrogens is 444 g/mol. The van der Waals surface area contributed by atoms with Crippen LogP contribution >= 0.6 is 0 Å². The number of benzene rings is 2. The van der Waals surface area contributed by atoms with Crippen molar-refractivity contribution >= 4 is 27.5 Å². The largest absolute Gasteiger partial charge is 0.387 e. The van der Waals surface area contributed by atoms with Crippen LogP contribution in [0.25, 0.3) is 44.3 Å². The number of rotatable bonds is 4. The molecule has 0 atom stereocenters. The number of nitrogens with two attached hydrogens (primary N) is 1. The highest BCUT2D eigenvalue weighted by Gasteiger charge is 2.09. The molecule has 4 aromatic heterocycles. The molecule has 0 amide bonds. The van der Waals surface area contributed by atoms with E-state index in [0.29, 0.717) is 6.54 Å². The maximum atomic E-state index is 5.66. The second-order valence-corrected chi connectivity index (χ2v) is 8.79. The van der Waals surface area contributed by atoms with Crippen LogP contribution < -0.4 is 11.1 Å². The lowest BCUT2D eigenvalue weighted by Crippen LogP contribution is -1.98. The molecule has 0 aliphatic rings. The number of nitrogens with one attached hydrogen (secondary N) is 1. The number of anilines is 1. The van der Waals surface area contributed by atoms with E-state index in [1.54, 1.807) is 0 Å². The van der Waals surface area contributed by atoms with Crippen LogP contribution in [0.2, 0.25) is 0 Å². The first-order chi connectivity index (χ1) is 17.6. The molecule has 4 heterocycles. The molecule has 6 nitrogen and oxygen atoms in total. The molecule has 0 aliphatic heterocycles. The number of para-hydroxylation sites is 2. The van der Waals surface area contributed by atoms with Crippen molar-refractivity contribution in [3.8, 4) is 22.5 Å². The Morgan fingerprint density at radius 2 is 1.22 bits per heavy atom. The minimum Gasteiger partial charge on any atom is -0.387 e. The first-order valence-electron chi connectivity index (χ1n) is 12.0. The quantitative estimate of drug-likeness (QED) is 0.330. The molecule has 0 fully saturated rings. The summed E-state index contributed by atoms with van der Waals surface area (Å²) in [7, 11) is 6.07. The zero-order valence-electron chi connectivity index (χ0n) is 20.8. The van der Waals surface area contributed by atoms with Gasteiger partial charge < -0.3 is 20.2 Å². The van der Waals surface area contributed by atoms with E-state index >= 15 is 0 Å². The molecule has 0 aliphatic carbocycles. The summed E-state index contributed by atoms with van der Waals surface area (Å²) in [5.74, 6) is 0. The van der Waals surface area contributed by atoms with Gasteiger partial charge in [0.25, 0.3) is 0 Å². The van der Waals surface area contributed by atoms with Crippen molar-refractivity contribution in [1.82, 2.24) is 19.1 Å².